The number of nitrogens with zero attached hydrogens (tertiary/aromatic N) is 3. The highest BCUT2D eigenvalue weighted by atomic mass is 32.1. The van der Waals surface area contributed by atoms with Gasteiger partial charge < -0.3 is 15.7 Å². The highest BCUT2D eigenvalue weighted by molar-refractivity contribution is 7.19. The number of aliphatic hydroxyl groups is 1. The van der Waals surface area contributed by atoms with Crippen molar-refractivity contribution in [2.75, 3.05) is 12.3 Å². The van der Waals surface area contributed by atoms with E-state index in [0.717, 1.165) is 55.3 Å². The summed E-state index contributed by atoms with van der Waals surface area (Å²) in [5, 5.41) is 12.0. The molecule has 4 saturated carbocycles. The molecule has 3 N–H and O–H groups in total. The van der Waals surface area contributed by atoms with Gasteiger partial charge in [0.25, 0.3) is 0 Å². The summed E-state index contributed by atoms with van der Waals surface area (Å²) < 4.78 is 0. The van der Waals surface area contributed by atoms with E-state index in [-0.39, 0.29) is 11.3 Å². The molecule has 2 aromatic heterocycles. The molecule has 2 aromatic rings. The van der Waals surface area contributed by atoms with Gasteiger partial charge in [-0.1, -0.05) is 0 Å². The normalized spacial score (nSPS) is 36.1. The molecule has 4 bridgehead atoms. The number of nitrogens with two attached hydrogens (primary N) is 1. The topological polar surface area (TPSA) is 92.3 Å². The summed E-state index contributed by atoms with van der Waals surface area (Å²) >= 11 is 1.64. The number of hydrogen-bond donors (Lipinski definition) is 2. The zero-order valence-electron chi connectivity index (χ0n) is 16.0. The molecule has 0 saturated heterocycles. The van der Waals surface area contributed by atoms with E-state index in [4.69, 9.17) is 5.73 Å². The highest BCUT2D eigenvalue weighted by Crippen LogP contribution is 2.63. The van der Waals surface area contributed by atoms with Crippen molar-refractivity contribution in [3.63, 3.8) is 0 Å². The van der Waals surface area contributed by atoms with Gasteiger partial charge in [0.1, 0.15) is 17.0 Å². The van der Waals surface area contributed by atoms with Gasteiger partial charge in [0.15, 0.2) is 0 Å². The van der Waals surface area contributed by atoms with Gasteiger partial charge in [0, 0.05) is 17.8 Å². The maximum Gasteiger partial charge on any atom is 0.223 e. The van der Waals surface area contributed by atoms with Crippen molar-refractivity contribution in [1.29, 1.82) is 0 Å². The molecular formula is C21H26N4O2S. The van der Waals surface area contributed by atoms with Crippen molar-refractivity contribution in [3.05, 3.63) is 16.8 Å². The van der Waals surface area contributed by atoms with Gasteiger partial charge in [-0.3, -0.25) is 4.79 Å². The predicted octanol–water partition coefficient (Wildman–Crippen LogP) is 2.88. The van der Waals surface area contributed by atoms with E-state index in [9.17, 15) is 9.90 Å². The van der Waals surface area contributed by atoms with Crippen LogP contribution in [-0.4, -0.2) is 38.0 Å². The average Bonchev–Trinajstić information content (AvgIpc) is 2.98. The first kappa shape index (κ1) is 17.2. The van der Waals surface area contributed by atoms with Gasteiger partial charge in [0.05, 0.1) is 17.5 Å². The van der Waals surface area contributed by atoms with Crippen LogP contribution in [0, 0.1) is 17.3 Å². The number of aromatic nitrogens is 2. The number of fused-ring (bicyclic) bond motifs is 3. The van der Waals surface area contributed by atoms with Crippen molar-refractivity contribution in [1.82, 2.24) is 14.9 Å². The molecule has 148 valence electrons. The molecule has 2 atom stereocenters. The summed E-state index contributed by atoms with van der Waals surface area (Å²) in [5.74, 6) is 2.05. The van der Waals surface area contributed by atoms with Gasteiger partial charge in [-0.15, -0.1) is 11.3 Å². The summed E-state index contributed by atoms with van der Waals surface area (Å²) in [4.78, 5) is 25.9. The number of hydrogen-bond acceptors (Lipinski definition) is 6. The quantitative estimate of drug-likeness (QED) is 0.811. The fourth-order valence-corrected chi connectivity index (χ4v) is 8.42. The van der Waals surface area contributed by atoms with E-state index in [2.05, 4.69) is 9.97 Å². The van der Waals surface area contributed by atoms with E-state index in [0.29, 0.717) is 30.6 Å². The molecule has 1 amide bonds. The first-order chi connectivity index (χ1) is 13.4. The number of rotatable bonds is 2. The third-order valence-electron chi connectivity index (χ3n) is 7.70. The first-order valence-corrected chi connectivity index (χ1v) is 11.2. The molecule has 4 fully saturated rings. The largest absolute Gasteiger partial charge is 0.390 e. The zero-order chi connectivity index (χ0) is 19.1. The van der Waals surface area contributed by atoms with E-state index in [1.807, 2.05) is 4.90 Å². The smallest absolute Gasteiger partial charge is 0.223 e. The van der Waals surface area contributed by atoms with Crippen LogP contribution in [0.3, 0.4) is 0 Å². The Bertz CT molecular complexity index is 972. The van der Waals surface area contributed by atoms with Gasteiger partial charge in [-0.05, 0) is 67.8 Å². The summed E-state index contributed by atoms with van der Waals surface area (Å²) in [7, 11) is 0. The first-order valence-electron chi connectivity index (χ1n) is 10.4. The molecule has 1 aliphatic heterocycles. The molecule has 4 aliphatic carbocycles. The van der Waals surface area contributed by atoms with E-state index in [1.165, 1.54) is 23.2 Å². The Kier molecular flexibility index (Phi) is 3.47. The number of anilines is 1. The van der Waals surface area contributed by atoms with Crippen LogP contribution >= 0.6 is 11.3 Å². The summed E-state index contributed by atoms with van der Waals surface area (Å²) in [6.07, 6.45) is 9.19. The molecule has 7 rings (SSSR count). The molecule has 0 aromatic carbocycles. The monoisotopic (exact) mass is 398 g/mol. The summed E-state index contributed by atoms with van der Waals surface area (Å²) in [6.45, 7) is 1.39. The lowest BCUT2D eigenvalue weighted by molar-refractivity contribution is -0.172. The van der Waals surface area contributed by atoms with Crippen LogP contribution in [0.25, 0.3) is 10.2 Å². The van der Waals surface area contributed by atoms with Crippen LogP contribution in [0.15, 0.2) is 6.33 Å². The number of thiophene rings is 1. The fraction of sp³-hybridized carbons (Fsp3) is 0.667. The highest BCUT2D eigenvalue weighted by Gasteiger charge is 2.57. The minimum Gasteiger partial charge on any atom is -0.390 e. The third kappa shape index (κ3) is 2.52. The summed E-state index contributed by atoms with van der Waals surface area (Å²) in [5.41, 5.74) is 6.84. The van der Waals surface area contributed by atoms with Gasteiger partial charge in [-0.25, -0.2) is 9.97 Å². The Balaban J connectivity index is 1.23. The van der Waals surface area contributed by atoms with Crippen LogP contribution in [0.2, 0.25) is 0 Å². The minimum atomic E-state index is -0.499. The molecule has 5 aliphatic rings. The van der Waals surface area contributed by atoms with E-state index < -0.39 is 5.60 Å². The zero-order valence-corrected chi connectivity index (χ0v) is 16.8. The lowest BCUT2D eigenvalue weighted by Gasteiger charge is -2.60. The molecule has 0 unspecified atom stereocenters. The van der Waals surface area contributed by atoms with Crippen molar-refractivity contribution in [3.8, 4) is 0 Å². The van der Waals surface area contributed by atoms with Crippen LogP contribution < -0.4 is 5.73 Å². The standard InChI is InChI=1S/C21H26N4O2S/c22-18-17-14-1-2-25(9-15(14)28-19(17)24-11-23-18)16(26)8-20-4-12-3-13(5-20)7-21(27,6-12)10-20/h11-13,27H,1-10H2,(H2,22,23,24)/t12-,13-,20?,21?/m1/s1. The molecular weight excluding hydrogens is 372 g/mol. The molecule has 3 heterocycles. The predicted molar refractivity (Wildman–Crippen MR) is 108 cm³/mol. The second kappa shape index (κ2) is 5.66. The Hall–Kier alpha value is -1.73. The Morgan fingerprint density at radius 2 is 2.07 bits per heavy atom. The summed E-state index contributed by atoms with van der Waals surface area (Å²) in [6, 6.07) is 0. The van der Waals surface area contributed by atoms with Crippen LogP contribution in [0.4, 0.5) is 5.82 Å². The number of amides is 1. The van der Waals surface area contributed by atoms with Crippen molar-refractivity contribution < 1.29 is 9.90 Å². The average molecular weight is 399 g/mol. The van der Waals surface area contributed by atoms with E-state index in [1.54, 1.807) is 11.3 Å². The number of nitrogen functional groups attached to an aromatic ring is 1. The second-order valence-electron chi connectivity index (χ2n) is 9.87. The van der Waals surface area contributed by atoms with Gasteiger partial charge in [0.2, 0.25) is 5.91 Å². The maximum absolute atomic E-state index is 13.3. The van der Waals surface area contributed by atoms with Crippen LogP contribution in [0.1, 0.15) is 55.4 Å². The lowest BCUT2D eigenvalue weighted by Crippen LogP contribution is -2.56. The van der Waals surface area contributed by atoms with Crippen molar-refractivity contribution in [2.24, 2.45) is 17.3 Å². The SMILES string of the molecule is Nc1ncnc2sc3c(c12)CCN(C(=O)CC12C[C@H]4C[C@@H](CC(O)(C4)C1)C2)C3. The Morgan fingerprint density at radius 1 is 1.29 bits per heavy atom. The van der Waals surface area contributed by atoms with Gasteiger partial charge in [-0.2, -0.15) is 0 Å². The molecule has 7 heteroatoms. The molecule has 0 radical (unpaired) electrons. The fourth-order valence-electron chi connectivity index (χ4n) is 7.21. The van der Waals surface area contributed by atoms with E-state index >= 15 is 0 Å². The molecule has 0 spiro atoms. The molecule has 28 heavy (non-hydrogen) atoms. The maximum atomic E-state index is 13.3. The van der Waals surface area contributed by atoms with Crippen molar-refractivity contribution >= 4 is 33.3 Å². The minimum absolute atomic E-state index is 0.0340. The Labute approximate surface area is 168 Å². The van der Waals surface area contributed by atoms with Crippen LogP contribution in [-0.2, 0) is 17.8 Å². The second-order valence-corrected chi connectivity index (χ2v) is 11.0. The number of carbonyl (C=O) groups excluding carboxylic acids is 1. The Morgan fingerprint density at radius 3 is 2.82 bits per heavy atom. The van der Waals surface area contributed by atoms with Crippen molar-refractivity contribution in [2.45, 2.75) is 63.5 Å². The van der Waals surface area contributed by atoms with Gasteiger partial charge >= 0.3 is 0 Å². The third-order valence-corrected chi connectivity index (χ3v) is 8.82. The number of carbonyl (C=O) groups is 1. The van der Waals surface area contributed by atoms with Crippen LogP contribution in [0.5, 0.6) is 0 Å². The lowest BCUT2D eigenvalue weighted by atomic mass is 9.47. The molecule has 6 nitrogen and oxygen atoms in total.